The number of pyridine rings is 1. The highest BCUT2D eigenvalue weighted by atomic mass is 19.2. The van der Waals surface area contributed by atoms with Crippen molar-refractivity contribution in [1.29, 1.82) is 0 Å². The molecule has 0 aliphatic heterocycles. The summed E-state index contributed by atoms with van der Waals surface area (Å²) in [6, 6.07) is 7.00. The van der Waals surface area contributed by atoms with Crippen LogP contribution in [-0.4, -0.2) is 23.8 Å². The predicted molar refractivity (Wildman–Crippen MR) is 97.1 cm³/mol. The summed E-state index contributed by atoms with van der Waals surface area (Å²) in [5, 5.41) is 5.29. The van der Waals surface area contributed by atoms with Crippen LogP contribution in [-0.2, 0) is 4.79 Å². The molecule has 0 aliphatic carbocycles. The molecule has 2 N–H and O–H groups in total. The fourth-order valence-electron chi connectivity index (χ4n) is 2.87. The van der Waals surface area contributed by atoms with Gasteiger partial charge < -0.3 is 10.6 Å². The van der Waals surface area contributed by atoms with E-state index in [4.69, 9.17) is 0 Å². The van der Waals surface area contributed by atoms with E-state index in [1.807, 2.05) is 0 Å². The van der Waals surface area contributed by atoms with Gasteiger partial charge in [0.05, 0.1) is 11.1 Å². The number of amides is 2. The van der Waals surface area contributed by atoms with E-state index in [0.29, 0.717) is 11.1 Å². The average molecular weight is 387 g/mol. The Morgan fingerprint density at radius 1 is 1.00 bits per heavy atom. The van der Waals surface area contributed by atoms with Gasteiger partial charge in [-0.15, -0.1) is 0 Å². The largest absolute Gasteiger partial charge is 0.357 e. The number of benzene rings is 2. The van der Waals surface area contributed by atoms with Crippen molar-refractivity contribution >= 4 is 22.7 Å². The zero-order valence-corrected chi connectivity index (χ0v) is 15.0. The van der Waals surface area contributed by atoms with Crippen molar-refractivity contribution in [3.63, 3.8) is 0 Å². The fourth-order valence-corrected chi connectivity index (χ4v) is 2.87. The van der Waals surface area contributed by atoms with E-state index in [1.54, 1.807) is 6.92 Å². The summed E-state index contributed by atoms with van der Waals surface area (Å²) in [5.74, 6) is -3.95. The fraction of sp³-hybridized carbons (Fsp3) is 0.150. The number of carbonyl (C=O) groups is 2. The molecule has 5 nitrogen and oxygen atoms in total. The van der Waals surface area contributed by atoms with E-state index < -0.39 is 35.3 Å². The highest BCUT2D eigenvalue weighted by Crippen LogP contribution is 2.22. The zero-order chi connectivity index (χ0) is 20.4. The molecule has 3 aromatic rings. The van der Waals surface area contributed by atoms with E-state index in [1.165, 1.54) is 37.4 Å². The van der Waals surface area contributed by atoms with Gasteiger partial charge in [0.15, 0.2) is 11.6 Å². The minimum atomic E-state index is -1.25. The minimum absolute atomic E-state index is 0.0766. The predicted octanol–water partition coefficient (Wildman–Crippen LogP) is 3.18. The van der Waals surface area contributed by atoms with Crippen LogP contribution in [0.4, 0.5) is 13.2 Å². The quantitative estimate of drug-likeness (QED) is 0.722. The lowest BCUT2D eigenvalue weighted by atomic mass is 10.0. The van der Waals surface area contributed by atoms with Crippen LogP contribution in [0.1, 0.15) is 27.7 Å². The van der Waals surface area contributed by atoms with Gasteiger partial charge in [-0.1, -0.05) is 6.07 Å². The van der Waals surface area contributed by atoms with Crippen LogP contribution in [0.5, 0.6) is 0 Å². The van der Waals surface area contributed by atoms with Crippen LogP contribution < -0.4 is 10.6 Å². The number of hydrogen-bond acceptors (Lipinski definition) is 3. The molecule has 144 valence electrons. The number of hydrogen-bond donors (Lipinski definition) is 2. The molecule has 2 aromatic carbocycles. The van der Waals surface area contributed by atoms with Crippen molar-refractivity contribution < 1.29 is 22.8 Å². The normalized spacial score (nSPS) is 11.9. The number of nitrogens with zero attached hydrogens (tertiary/aromatic N) is 1. The summed E-state index contributed by atoms with van der Waals surface area (Å²) < 4.78 is 40.3. The molecule has 0 aliphatic rings. The van der Waals surface area contributed by atoms with Crippen molar-refractivity contribution in [2.24, 2.45) is 0 Å². The summed E-state index contributed by atoms with van der Waals surface area (Å²) >= 11 is 0. The molecule has 8 heteroatoms. The highest BCUT2D eigenvalue weighted by molar-refractivity contribution is 6.07. The first-order valence-electron chi connectivity index (χ1n) is 8.34. The van der Waals surface area contributed by atoms with Crippen molar-refractivity contribution in [3.8, 4) is 0 Å². The van der Waals surface area contributed by atoms with Gasteiger partial charge in [0.1, 0.15) is 11.9 Å². The van der Waals surface area contributed by atoms with Gasteiger partial charge >= 0.3 is 0 Å². The minimum Gasteiger partial charge on any atom is -0.357 e. The molecule has 0 saturated carbocycles. The van der Waals surface area contributed by atoms with Crippen molar-refractivity contribution in [2.75, 3.05) is 7.05 Å². The van der Waals surface area contributed by atoms with E-state index in [9.17, 15) is 22.8 Å². The Morgan fingerprint density at radius 3 is 2.43 bits per heavy atom. The summed E-state index contributed by atoms with van der Waals surface area (Å²) in [6.45, 7) is 1.65. The molecule has 3 rings (SSSR count). The standard InChI is InChI=1S/C20H16F3N3O2/c1-10-7-14(13-5-4-12(21)9-17(13)25-10)19(27)26-18(20(28)24-2)11-3-6-15(22)16(23)8-11/h3-9,18H,1-2H3,(H,24,28)(H,26,27). The number of halogens is 3. The van der Waals surface area contributed by atoms with Crippen molar-refractivity contribution in [1.82, 2.24) is 15.6 Å². The Kier molecular flexibility index (Phi) is 5.30. The first-order chi connectivity index (χ1) is 13.3. The number of rotatable bonds is 4. The van der Waals surface area contributed by atoms with Crippen molar-refractivity contribution in [3.05, 3.63) is 76.7 Å². The van der Waals surface area contributed by atoms with E-state index in [0.717, 1.165) is 12.1 Å². The average Bonchev–Trinajstić information content (AvgIpc) is 2.66. The molecule has 0 fully saturated rings. The van der Waals surface area contributed by atoms with Crippen molar-refractivity contribution in [2.45, 2.75) is 13.0 Å². The number of fused-ring (bicyclic) bond motifs is 1. The molecule has 1 heterocycles. The van der Waals surface area contributed by atoms with Gasteiger partial charge in [-0.05, 0) is 42.8 Å². The number of aromatic nitrogens is 1. The second-order valence-corrected chi connectivity index (χ2v) is 6.17. The number of nitrogens with one attached hydrogen (secondary N) is 2. The summed E-state index contributed by atoms with van der Waals surface area (Å²) in [7, 11) is 1.36. The SMILES string of the molecule is CNC(=O)C(NC(=O)c1cc(C)nc2cc(F)ccc12)c1ccc(F)c(F)c1. The third-order valence-corrected chi connectivity index (χ3v) is 4.21. The topological polar surface area (TPSA) is 71.1 Å². The summed E-state index contributed by atoms with van der Waals surface area (Å²) in [4.78, 5) is 29.3. The molecule has 1 atom stereocenters. The van der Waals surface area contributed by atoms with Crippen LogP contribution in [0.2, 0.25) is 0 Å². The van der Waals surface area contributed by atoms with Gasteiger partial charge in [0, 0.05) is 24.2 Å². The van der Waals surface area contributed by atoms with Crippen LogP contribution in [0.25, 0.3) is 10.9 Å². The third-order valence-electron chi connectivity index (χ3n) is 4.21. The Bertz CT molecular complexity index is 1080. The second-order valence-electron chi connectivity index (χ2n) is 6.17. The Labute approximate surface area is 158 Å². The molecule has 1 unspecified atom stereocenters. The first-order valence-corrected chi connectivity index (χ1v) is 8.34. The van der Waals surface area contributed by atoms with Gasteiger partial charge in [-0.25, -0.2) is 13.2 Å². The van der Waals surface area contributed by atoms with E-state index in [2.05, 4.69) is 15.6 Å². The van der Waals surface area contributed by atoms with Crippen LogP contribution in [0, 0.1) is 24.4 Å². The maximum Gasteiger partial charge on any atom is 0.252 e. The molecular formula is C20H16F3N3O2. The number of likely N-dealkylation sites (N-methyl/N-ethyl adjacent to an activating group) is 1. The lowest BCUT2D eigenvalue weighted by Crippen LogP contribution is -2.39. The second kappa shape index (κ2) is 7.67. The molecule has 28 heavy (non-hydrogen) atoms. The van der Waals surface area contributed by atoms with Gasteiger partial charge in [0.25, 0.3) is 5.91 Å². The molecule has 0 bridgehead atoms. The zero-order valence-electron chi connectivity index (χ0n) is 15.0. The maximum absolute atomic E-state index is 13.6. The third kappa shape index (κ3) is 3.80. The molecular weight excluding hydrogens is 371 g/mol. The summed E-state index contributed by atoms with van der Waals surface area (Å²) in [5.41, 5.74) is 1.02. The lowest BCUT2D eigenvalue weighted by Gasteiger charge is -2.19. The van der Waals surface area contributed by atoms with Crippen LogP contribution in [0.3, 0.4) is 0 Å². The Hall–Kier alpha value is -3.42. The Morgan fingerprint density at radius 2 is 1.75 bits per heavy atom. The molecule has 0 spiro atoms. The molecule has 0 saturated heterocycles. The van der Waals surface area contributed by atoms with Gasteiger partial charge in [-0.2, -0.15) is 0 Å². The van der Waals surface area contributed by atoms with E-state index >= 15 is 0 Å². The number of carbonyl (C=O) groups excluding carboxylic acids is 2. The molecule has 2 amide bonds. The van der Waals surface area contributed by atoms with Crippen LogP contribution >= 0.6 is 0 Å². The highest BCUT2D eigenvalue weighted by Gasteiger charge is 2.24. The molecule has 0 radical (unpaired) electrons. The van der Waals surface area contributed by atoms with Gasteiger partial charge in [0.2, 0.25) is 5.91 Å². The molecule has 1 aromatic heterocycles. The van der Waals surface area contributed by atoms with Crippen LogP contribution in [0.15, 0.2) is 42.5 Å². The lowest BCUT2D eigenvalue weighted by molar-refractivity contribution is -0.122. The first kappa shape index (κ1) is 19.3. The maximum atomic E-state index is 13.6. The summed E-state index contributed by atoms with van der Waals surface area (Å²) in [6.07, 6.45) is 0. The monoisotopic (exact) mass is 387 g/mol. The number of aryl methyl sites for hydroxylation is 1. The van der Waals surface area contributed by atoms with Gasteiger partial charge in [-0.3, -0.25) is 14.6 Å². The Balaban J connectivity index is 2.02. The smallest absolute Gasteiger partial charge is 0.252 e. The van der Waals surface area contributed by atoms with E-state index in [-0.39, 0.29) is 16.6 Å².